The first-order valence-electron chi connectivity index (χ1n) is 9.66. The van der Waals surface area contributed by atoms with E-state index in [1.807, 2.05) is 24.3 Å². The molecular formula is C19H25N3O6S2. The SMILES string of the molecule is CCN(CC)c1ccc(N2C(=NC(=O)COCC(=O)O)S[C@@H]3CS(=O)(=O)C[C@@H]32)cc1. The number of rotatable bonds is 8. The monoisotopic (exact) mass is 455 g/mol. The molecule has 30 heavy (non-hydrogen) atoms. The first kappa shape index (κ1) is 22.6. The molecule has 2 atom stereocenters. The van der Waals surface area contributed by atoms with Crippen molar-refractivity contribution in [2.75, 3.05) is 47.6 Å². The van der Waals surface area contributed by atoms with Crippen LogP contribution in [0.4, 0.5) is 11.4 Å². The summed E-state index contributed by atoms with van der Waals surface area (Å²) in [4.78, 5) is 30.8. The molecule has 9 nitrogen and oxygen atoms in total. The number of aliphatic carboxylic acids is 1. The second-order valence-corrected chi connectivity index (χ2v) is 10.4. The van der Waals surface area contributed by atoms with E-state index in [-0.39, 0.29) is 22.8 Å². The third-order valence-electron chi connectivity index (χ3n) is 4.99. The van der Waals surface area contributed by atoms with E-state index in [4.69, 9.17) is 9.84 Å². The van der Waals surface area contributed by atoms with E-state index in [0.29, 0.717) is 5.17 Å². The molecule has 0 aliphatic carbocycles. The van der Waals surface area contributed by atoms with E-state index in [9.17, 15) is 18.0 Å². The molecule has 164 valence electrons. The van der Waals surface area contributed by atoms with Crippen LogP contribution in [-0.2, 0) is 24.2 Å². The van der Waals surface area contributed by atoms with E-state index >= 15 is 0 Å². The molecule has 11 heteroatoms. The number of nitrogens with zero attached hydrogens (tertiary/aromatic N) is 3. The van der Waals surface area contributed by atoms with E-state index in [1.165, 1.54) is 11.8 Å². The van der Waals surface area contributed by atoms with Crippen LogP contribution >= 0.6 is 11.8 Å². The van der Waals surface area contributed by atoms with Crippen LogP contribution in [0.25, 0.3) is 0 Å². The lowest BCUT2D eigenvalue weighted by molar-refractivity contribution is -0.143. The van der Waals surface area contributed by atoms with Gasteiger partial charge < -0.3 is 19.6 Å². The average Bonchev–Trinajstić information content (AvgIpc) is 3.13. The normalized spacial score (nSPS) is 23.5. The third-order valence-corrected chi connectivity index (χ3v) is 8.20. The highest BCUT2D eigenvalue weighted by Crippen LogP contribution is 2.41. The Morgan fingerprint density at radius 2 is 1.87 bits per heavy atom. The van der Waals surface area contributed by atoms with Gasteiger partial charge in [0.25, 0.3) is 5.91 Å². The summed E-state index contributed by atoms with van der Waals surface area (Å²) >= 11 is 1.27. The van der Waals surface area contributed by atoms with Gasteiger partial charge in [-0.3, -0.25) is 4.79 Å². The maximum absolute atomic E-state index is 12.2. The second kappa shape index (κ2) is 9.36. The molecule has 1 aromatic rings. The van der Waals surface area contributed by atoms with Crippen LogP contribution in [0.2, 0.25) is 0 Å². The molecule has 2 fully saturated rings. The molecule has 1 aromatic carbocycles. The van der Waals surface area contributed by atoms with Crippen LogP contribution in [0, 0.1) is 0 Å². The Labute approximate surface area is 180 Å². The van der Waals surface area contributed by atoms with E-state index in [0.717, 1.165) is 24.5 Å². The van der Waals surface area contributed by atoms with Gasteiger partial charge in [-0.25, -0.2) is 13.2 Å². The summed E-state index contributed by atoms with van der Waals surface area (Å²) in [6.07, 6.45) is 0. The number of amides is 1. The van der Waals surface area contributed by atoms with Crippen molar-refractivity contribution in [2.24, 2.45) is 4.99 Å². The lowest BCUT2D eigenvalue weighted by Gasteiger charge is -2.26. The molecule has 0 bridgehead atoms. The van der Waals surface area contributed by atoms with Crippen LogP contribution in [0.5, 0.6) is 0 Å². The fourth-order valence-electron chi connectivity index (χ4n) is 3.64. The van der Waals surface area contributed by atoms with Crippen molar-refractivity contribution in [1.29, 1.82) is 0 Å². The number of amidine groups is 1. The van der Waals surface area contributed by atoms with Crippen LogP contribution < -0.4 is 9.80 Å². The Balaban J connectivity index is 1.85. The molecule has 2 aliphatic rings. The number of thioether (sulfide) groups is 1. The zero-order valence-electron chi connectivity index (χ0n) is 16.9. The number of benzene rings is 1. The Morgan fingerprint density at radius 3 is 2.47 bits per heavy atom. The average molecular weight is 456 g/mol. The molecule has 1 amide bonds. The first-order chi connectivity index (χ1) is 14.2. The number of carbonyl (C=O) groups excluding carboxylic acids is 1. The molecule has 2 heterocycles. The summed E-state index contributed by atoms with van der Waals surface area (Å²) in [6.45, 7) is 4.87. The fourth-order valence-corrected chi connectivity index (χ4v) is 7.58. The van der Waals surface area contributed by atoms with Gasteiger partial charge in [0.15, 0.2) is 15.0 Å². The number of ether oxygens (including phenoxy) is 1. The van der Waals surface area contributed by atoms with Crippen molar-refractivity contribution in [3.05, 3.63) is 24.3 Å². The van der Waals surface area contributed by atoms with Gasteiger partial charge in [-0.2, -0.15) is 4.99 Å². The summed E-state index contributed by atoms with van der Waals surface area (Å²) in [5.41, 5.74) is 1.82. The quantitative estimate of drug-likeness (QED) is 0.618. The minimum Gasteiger partial charge on any atom is -0.480 e. The van der Waals surface area contributed by atoms with Gasteiger partial charge in [0.05, 0.1) is 17.5 Å². The predicted molar refractivity (Wildman–Crippen MR) is 117 cm³/mol. The molecule has 0 spiro atoms. The van der Waals surface area contributed by atoms with Crippen LogP contribution in [0.15, 0.2) is 29.3 Å². The number of fused-ring (bicyclic) bond motifs is 1. The second-order valence-electron chi connectivity index (χ2n) is 7.03. The lowest BCUT2D eigenvalue weighted by Crippen LogP contribution is -2.37. The Morgan fingerprint density at radius 1 is 1.20 bits per heavy atom. The molecule has 3 rings (SSSR count). The molecule has 2 aliphatic heterocycles. The highest BCUT2D eigenvalue weighted by atomic mass is 32.2. The molecule has 0 radical (unpaired) electrons. The summed E-state index contributed by atoms with van der Waals surface area (Å²) in [6, 6.07) is 7.45. The van der Waals surface area contributed by atoms with Gasteiger partial charge in [-0.05, 0) is 38.1 Å². The number of carbonyl (C=O) groups is 2. The maximum Gasteiger partial charge on any atom is 0.329 e. The van der Waals surface area contributed by atoms with Gasteiger partial charge in [0.2, 0.25) is 0 Å². The smallest absolute Gasteiger partial charge is 0.329 e. The number of carboxylic acids is 1. The van der Waals surface area contributed by atoms with E-state index in [2.05, 4.69) is 23.7 Å². The predicted octanol–water partition coefficient (Wildman–Crippen LogP) is 1.24. The minimum atomic E-state index is -3.15. The molecule has 2 saturated heterocycles. The summed E-state index contributed by atoms with van der Waals surface area (Å²) in [5, 5.41) is 8.82. The van der Waals surface area contributed by atoms with Crippen molar-refractivity contribution < 1.29 is 27.9 Å². The number of carboxylic acid groups (broad SMARTS) is 1. The van der Waals surface area contributed by atoms with Gasteiger partial charge in [0, 0.05) is 29.7 Å². The number of hydrogen-bond donors (Lipinski definition) is 1. The number of anilines is 2. The third kappa shape index (κ3) is 5.13. The first-order valence-corrected chi connectivity index (χ1v) is 12.4. The zero-order chi connectivity index (χ0) is 21.9. The molecular weight excluding hydrogens is 430 g/mol. The molecule has 0 unspecified atom stereocenters. The number of aliphatic imine (C=N–C) groups is 1. The lowest BCUT2D eigenvalue weighted by atomic mass is 10.2. The van der Waals surface area contributed by atoms with Gasteiger partial charge in [-0.1, -0.05) is 11.8 Å². The van der Waals surface area contributed by atoms with Crippen molar-refractivity contribution in [1.82, 2.24) is 0 Å². The summed E-state index contributed by atoms with van der Waals surface area (Å²) in [7, 11) is -3.15. The standard InChI is InChI=1S/C19H25N3O6S2/c1-3-21(4-2)13-5-7-14(8-6-13)22-15-11-30(26,27)12-16(15)29-19(22)20-17(23)9-28-10-18(24)25/h5-8,15-16H,3-4,9-12H2,1-2H3,(H,24,25)/t15-,16+/m0/s1. The Kier molecular flexibility index (Phi) is 7.04. The summed E-state index contributed by atoms with van der Waals surface area (Å²) < 4.78 is 29.1. The minimum absolute atomic E-state index is 0.00515. The maximum atomic E-state index is 12.2. The van der Waals surface area contributed by atoms with Crippen LogP contribution in [0.3, 0.4) is 0 Å². The molecule has 0 saturated carbocycles. The number of sulfone groups is 1. The Hall–Kier alpha value is -2.11. The van der Waals surface area contributed by atoms with E-state index in [1.54, 1.807) is 4.90 Å². The van der Waals surface area contributed by atoms with Gasteiger partial charge in [0.1, 0.15) is 13.2 Å². The van der Waals surface area contributed by atoms with Crippen LogP contribution in [-0.4, -0.2) is 79.7 Å². The van der Waals surface area contributed by atoms with Gasteiger partial charge >= 0.3 is 5.97 Å². The van der Waals surface area contributed by atoms with Crippen LogP contribution in [0.1, 0.15) is 13.8 Å². The highest BCUT2D eigenvalue weighted by Gasteiger charge is 2.49. The van der Waals surface area contributed by atoms with Crippen molar-refractivity contribution in [3.63, 3.8) is 0 Å². The molecule has 1 N–H and O–H groups in total. The van der Waals surface area contributed by atoms with Crippen molar-refractivity contribution >= 4 is 50.0 Å². The zero-order valence-corrected chi connectivity index (χ0v) is 18.5. The van der Waals surface area contributed by atoms with Crippen molar-refractivity contribution in [3.8, 4) is 0 Å². The largest absolute Gasteiger partial charge is 0.480 e. The van der Waals surface area contributed by atoms with Crippen molar-refractivity contribution in [2.45, 2.75) is 25.1 Å². The topological polar surface area (TPSA) is 117 Å². The van der Waals surface area contributed by atoms with E-state index < -0.39 is 34.9 Å². The number of hydrogen-bond acceptors (Lipinski definition) is 7. The Bertz CT molecular complexity index is 928. The molecule has 0 aromatic heterocycles. The fraction of sp³-hybridized carbons (Fsp3) is 0.526. The summed E-state index contributed by atoms with van der Waals surface area (Å²) in [5.74, 6) is -1.73. The van der Waals surface area contributed by atoms with Gasteiger partial charge in [-0.15, -0.1) is 0 Å². The highest BCUT2D eigenvalue weighted by molar-refractivity contribution is 8.16.